The number of benzene rings is 2. The molecule has 0 bridgehead atoms. The third-order valence-electron chi connectivity index (χ3n) is 4.79. The van der Waals surface area contributed by atoms with Crippen molar-refractivity contribution < 1.29 is 9.18 Å². The summed E-state index contributed by atoms with van der Waals surface area (Å²) in [4.78, 5) is 12.5. The molecule has 0 aliphatic heterocycles. The van der Waals surface area contributed by atoms with Gasteiger partial charge in [0, 0.05) is 11.7 Å². The number of carbonyl (C=O) groups excluding carboxylic acids is 1. The van der Waals surface area contributed by atoms with E-state index in [1.807, 2.05) is 6.92 Å². The van der Waals surface area contributed by atoms with E-state index in [2.05, 4.69) is 41.8 Å². The number of nitrogens with one attached hydrogen (secondary N) is 2. The third-order valence-corrected chi connectivity index (χ3v) is 4.79. The largest absolute Gasteiger partial charge is 0.325 e. The van der Waals surface area contributed by atoms with Gasteiger partial charge in [0.2, 0.25) is 5.91 Å². The molecule has 2 atom stereocenters. The summed E-state index contributed by atoms with van der Waals surface area (Å²) in [6.45, 7) is 5.62. The van der Waals surface area contributed by atoms with Crippen molar-refractivity contribution in [2.45, 2.75) is 45.7 Å². The first-order valence-corrected chi connectivity index (χ1v) is 8.83. The molecule has 3 rings (SSSR count). The van der Waals surface area contributed by atoms with Crippen LogP contribution in [-0.2, 0) is 4.79 Å². The van der Waals surface area contributed by atoms with Gasteiger partial charge in [-0.25, -0.2) is 4.39 Å². The van der Waals surface area contributed by atoms with Gasteiger partial charge >= 0.3 is 0 Å². The summed E-state index contributed by atoms with van der Waals surface area (Å²) in [6, 6.07) is 13.0. The zero-order valence-corrected chi connectivity index (χ0v) is 15.0. The predicted octanol–water partition coefficient (Wildman–Crippen LogP) is 4.51. The van der Waals surface area contributed by atoms with Gasteiger partial charge in [-0.15, -0.1) is 0 Å². The van der Waals surface area contributed by atoms with Gasteiger partial charge in [0.25, 0.3) is 0 Å². The zero-order chi connectivity index (χ0) is 18.0. The Labute approximate surface area is 148 Å². The van der Waals surface area contributed by atoms with Crippen molar-refractivity contribution in [3.05, 3.63) is 65.0 Å². The van der Waals surface area contributed by atoms with Crippen molar-refractivity contribution >= 4 is 11.6 Å². The molecule has 25 heavy (non-hydrogen) atoms. The first-order chi connectivity index (χ1) is 11.9. The summed E-state index contributed by atoms with van der Waals surface area (Å²) in [5, 5.41) is 6.25. The summed E-state index contributed by atoms with van der Waals surface area (Å²) in [6.07, 6.45) is 2.37. The van der Waals surface area contributed by atoms with E-state index >= 15 is 0 Å². The number of hydrogen-bond donors (Lipinski definition) is 2. The van der Waals surface area contributed by atoms with Gasteiger partial charge < -0.3 is 5.32 Å². The lowest BCUT2D eigenvalue weighted by molar-refractivity contribution is -0.118. The molecule has 4 heteroatoms. The van der Waals surface area contributed by atoms with Crippen LogP contribution >= 0.6 is 0 Å². The second-order valence-corrected chi connectivity index (χ2v) is 7.07. The third kappa shape index (κ3) is 4.45. The smallest absolute Gasteiger partial charge is 0.241 e. The van der Waals surface area contributed by atoms with E-state index < -0.39 is 0 Å². The van der Waals surface area contributed by atoms with Gasteiger partial charge in [-0.3, -0.25) is 10.1 Å². The maximum atomic E-state index is 13.6. The van der Waals surface area contributed by atoms with Crippen LogP contribution in [-0.4, -0.2) is 11.9 Å². The fourth-order valence-corrected chi connectivity index (χ4v) is 2.97. The molecule has 2 aromatic carbocycles. The van der Waals surface area contributed by atoms with E-state index in [1.165, 1.54) is 30.0 Å². The summed E-state index contributed by atoms with van der Waals surface area (Å²) < 4.78 is 13.6. The van der Waals surface area contributed by atoms with E-state index in [-0.39, 0.29) is 23.8 Å². The van der Waals surface area contributed by atoms with E-state index in [0.717, 1.165) is 0 Å². The van der Waals surface area contributed by atoms with Crippen molar-refractivity contribution in [2.75, 3.05) is 5.32 Å². The molecule has 0 saturated heterocycles. The van der Waals surface area contributed by atoms with Gasteiger partial charge in [-0.2, -0.15) is 0 Å². The topological polar surface area (TPSA) is 41.1 Å². The molecular formula is C21H25FN2O. The maximum absolute atomic E-state index is 13.6. The Morgan fingerprint density at radius 3 is 2.40 bits per heavy atom. The second-order valence-electron chi connectivity index (χ2n) is 7.07. The van der Waals surface area contributed by atoms with Crippen LogP contribution in [0.3, 0.4) is 0 Å². The quantitative estimate of drug-likeness (QED) is 0.812. The molecule has 0 aromatic heterocycles. The average Bonchev–Trinajstić information content (AvgIpc) is 3.41. The molecule has 0 unspecified atom stereocenters. The molecule has 0 radical (unpaired) electrons. The number of anilines is 1. The van der Waals surface area contributed by atoms with Crippen LogP contribution in [0.4, 0.5) is 10.1 Å². The van der Waals surface area contributed by atoms with Crippen molar-refractivity contribution in [2.24, 2.45) is 5.92 Å². The lowest BCUT2D eigenvalue weighted by atomic mass is 10.00. The number of aryl methyl sites for hydroxylation is 2. The van der Waals surface area contributed by atoms with E-state index in [0.29, 0.717) is 17.2 Å². The molecule has 3 nitrogen and oxygen atoms in total. The Morgan fingerprint density at radius 2 is 1.80 bits per heavy atom. The summed E-state index contributed by atoms with van der Waals surface area (Å²) in [7, 11) is 0. The van der Waals surface area contributed by atoms with Gasteiger partial charge in [0.1, 0.15) is 5.82 Å². The fraction of sp³-hybridized carbons (Fsp3) is 0.381. The Balaban J connectivity index is 1.66. The molecule has 1 amide bonds. The highest BCUT2D eigenvalue weighted by atomic mass is 19.1. The van der Waals surface area contributed by atoms with E-state index in [1.54, 1.807) is 19.1 Å². The molecule has 0 heterocycles. The molecule has 2 aromatic rings. The van der Waals surface area contributed by atoms with Crippen LogP contribution in [0.15, 0.2) is 42.5 Å². The van der Waals surface area contributed by atoms with Crippen molar-refractivity contribution in [3.63, 3.8) is 0 Å². The fourth-order valence-electron chi connectivity index (χ4n) is 2.97. The number of rotatable bonds is 6. The minimum absolute atomic E-state index is 0.152. The van der Waals surface area contributed by atoms with Crippen LogP contribution in [0.5, 0.6) is 0 Å². The summed E-state index contributed by atoms with van der Waals surface area (Å²) in [5.41, 5.74) is 3.50. The van der Waals surface area contributed by atoms with Crippen molar-refractivity contribution in [1.29, 1.82) is 0 Å². The molecule has 1 saturated carbocycles. The molecule has 0 spiro atoms. The first-order valence-electron chi connectivity index (χ1n) is 8.83. The number of hydrogen-bond acceptors (Lipinski definition) is 2. The summed E-state index contributed by atoms with van der Waals surface area (Å²) in [5.74, 6) is 0.115. The molecular weight excluding hydrogens is 315 g/mol. The Morgan fingerprint density at radius 1 is 1.12 bits per heavy atom. The highest BCUT2D eigenvalue weighted by Gasteiger charge is 2.34. The van der Waals surface area contributed by atoms with Gasteiger partial charge in [-0.1, -0.05) is 35.9 Å². The van der Waals surface area contributed by atoms with E-state index in [4.69, 9.17) is 0 Å². The number of halogens is 1. The molecule has 1 aliphatic rings. The van der Waals surface area contributed by atoms with Crippen molar-refractivity contribution in [3.8, 4) is 0 Å². The predicted molar refractivity (Wildman–Crippen MR) is 99.0 cm³/mol. The Hall–Kier alpha value is -2.20. The second kappa shape index (κ2) is 7.36. The first kappa shape index (κ1) is 17.6. The van der Waals surface area contributed by atoms with Gasteiger partial charge in [-0.05, 0) is 62.8 Å². The monoisotopic (exact) mass is 340 g/mol. The van der Waals surface area contributed by atoms with Crippen LogP contribution in [0.2, 0.25) is 0 Å². The molecule has 1 fully saturated rings. The molecule has 2 N–H and O–H groups in total. The maximum Gasteiger partial charge on any atom is 0.241 e. The lowest BCUT2D eigenvalue weighted by Gasteiger charge is -2.23. The van der Waals surface area contributed by atoms with Gasteiger partial charge in [0.15, 0.2) is 0 Å². The lowest BCUT2D eigenvalue weighted by Crippen LogP contribution is -2.41. The SMILES string of the molecule is Cc1ccc([C@H](N[C@H](C)C(=O)Nc2ccc(C)c(F)c2)C2CC2)cc1. The summed E-state index contributed by atoms with van der Waals surface area (Å²) >= 11 is 0. The molecule has 132 valence electrons. The van der Waals surface area contributed by atoms with E-state index in [9.17, 15) is 9.18 Å². The zero-order valence-electron chi connectivity index (χ0n) is 15.0. The minimum atomic E-state index is -0.365. The van der Waals surface area contributed by atoms with Crippen LogP contribution in [0.25, 0.3) is 0 Å². The molecule has 1 aliphatic carbocycles. The average molecular weight is 340 g/mol. The normalized spacial score (nSPS) is 16.3. The van der Waals surface area contributed by atoms with Gasteiger partial charge in [0.05, 0.1) is 6.04 Å². The number of amides is 1. The number of carbonyl (C=O) groups is 1. The van der Waals surface area contributed by atoms with Crippen molar-refractivity contribution in [1.82, 2.24) is 5.32 Å². The Bertz CT molecular complexity index is 753. The van der Waals surface area contributed by atoms with Crippen LogP contribution < -0.4 is 10.6 Å². The highest BCUT2D eigenvalue weighted by molar-refractivity contribution is 5.94. The van der Waals surface area contributed by atoms with Crippen LogP contribution in [0.1, 0.15) is 42.5 Å². The standard InChI is InChI=1S/C21H25FN2O/c1-13-4-7-16(8-5-13)20(17-9-10-17)23-15(3)21(25)24-18-11-6-14(2)19(22)12-18/h4-8,11-12,15,17,20,23H,9-10H2,1-3H3,(H,24,25)/t15-,20+/m1/s1. The van der Waals surface area contributed by atoms with Crippen LogP contribution in [0, 0.1) is 25.6 Å². The Kier molecular flexibility index (Phi) is 5.19. The highest BCUT2D eigenvalue weighted by Crippen LogP contribution is 2.41. The minimum Gasteiger partial charge on any atom is -0.325 e.